The number of likely N-dealkylation sites (N-methyl/N-ethyl adjacent to an activating group) is 1. The Hall–Kier alpha value is -2.03. The van der Waals surface area contributed by atoms with Gasteiger partial charge in [-0.3, -0.25) is 4.79 Å². The summed E-state index contributed by atoms with van der Waals surface area (Å²) in [6.45, 7) is 2.75. The normalized spacial score (nSPS) is 18.3. The zero-order valence-corrected chi connectivity index (χ0v) is 10.5. The van der Waals surface area contributed by atoms with Gasteiger partial charge in [0.25, 0.3) is 0 Å². The van der Waals surface area contributed by atoms with Gasteiger partial charge in [0.2, 0.25) is 0 Å². The van der Waals surface area contributed by atoms with Crippen molar-refractivity contribution < 1.29 is 4.79 Å². The molecule has 92 valence electrons. The minimum atomic E-state index is 0.746. The Bertz CT molecular complexity index is 520. The van der Waals surface area contributed by atoms with Crippen molar-refractivity contribution in [2.75, 3.05) is 13.6 Å². The van der Waals surface area contributed by atoms with Crippen LogP contribution in [0.4, 0.5) is 0 Å². The number of allylic oxidation sites excluding steroid dienone is 3. The van der Waals surface area contributed by atoms with E-state index in [0.717, 1.165) is 31.6 Å². The molecule has 0 saturated carbocycles. The number of carbonyl (C=O) groups excluding carboxylic acids is 1. The Balaban J connectivity index is 1.81. The predicted octanol–water partition coefficient (Wildman–Crippen LogP) is 1.91. The maximum absolute atomic E-state index is 10.8. The summed E-state index contributed by atoms with van der Waals surface area (Å²) in [5, 5.41) is 0. The van der Waals surface area contributed by atoms with Crippen molar-refractivity contribution in [2.45, 2.75) is 13.1 Å². The van der Waals surface area contributed by atoms with Crippen LogP contribution in [0.1, 0.15) is 11.1 Å². The number of carbonyl (C=O) groups is 1. The molecule has 0 bridgehead atoms. The van der Waals surface area contributed by atoms with Crippen molar-refractivity contribution >= 4 is 6.29 Å². The van der Waals surface area contributed by atoms with Gasteiger partial charge in [-0.25, -0.2) is 0 Å². The van der Waals surface area contributed by atoms with Gasteiger partial charge < -0.3 is 9.80 Å². The van der Waals surface area contributed by atoms with E-state index in [-0.39, 0.29) is 0 Å². The fourth-order valence-electron chi connectivity index (χ4n) is 2.57. The molecule has 1 aromatic rings. The Morgan fingerprint density at radius 2 is 1.72 bits per heavy atom. The lowest BCUT2D eigenvalue weighted by Crippen LogP contribution is -2.30. The molecule has 3 nitrogen and oxygen atoms in total. The molecule has 2 aliphatic heterocycles. The highest BCUT2D eigenvalue weighted by atomic mass is 16.1. The lowest BCUT2D eigenvalue weighted by Gasteiger charge is -2.30. The molecular formula is C15H16N2O. The second kappa shape index (κ2) is 4.33. The molecule has 0 spiro atoms. The van der Waals surface area contributed by atoms with Crippen molar-refractivity contribution in [3.63, 3.8) is 0 Å². The lowest BCUT2D eigenvalue weighted by molar-refractivity contribution is -0.106. The average Bonchev–Trinajstić information content (AvgIpc) is 2.82. The van der Waals surface area contributed by atoms with Crippen LogP contribution in [0.25, 0.3) is 0 Å². The van der Waals surface area contributed by atoms with Gasteiger partial charge in [-0.1, -0.05) is 24.3 Å². The summed E-state index contributed by atoms with van der Waals surface area (Å²) in [6, 6.07) is 8.56. The van der Waals surface area contributed by atoms with Gasteiger partial charge in [-0.2, -0.15) is 0 Å². The first-order valence-corrected chi connectivity index (χ1v) is 6.17. The van der Waals surface area contributed by atoms with E-state index in [0.29, 0.717) is 0 Å². The maximum atomic E-state index is 10.8. The standard InChI is InChI=1S/C15H16N2O/c1-16-10-14(6-7-15(16)11-18)17-8-12-4-2-3-5-13(12)9-17/h2-7,11H,8-10H2,1H3. The highest BCUT2D eigenvalue weighted by Crippen LogP contribution is 2.27. The Morgan fingerprint density at radius 1 is 1.06 bits per heavy atom. The van der Waals surface area contributed by atoms with Crippen molar-refractivity contribution in [1.82, 2.24) is 9.80 Å². The summed E-state index contributed by atoms with van der Waals surface area (Å²) >= 11 is 0. The topological polar surface area (TPSA) is 23.6 Å². The smallest absolute Gasteiger partial charge is 0.166 e. The van der Waals surface area contributed by atoms with Crippen LogP contribution in [-0.4, -0.2) is 29.7 Å². The van der Waals surface area contributed by atoms with E-state index in [2.05, 4.69) is 35.2 Å². The van der Waals surface area contributed by atoms with Gasteiger partial charge in [0, 0.05) is 25.8 Å². The highest BCUT2D eigenvalue weighted by molar-refractivity contribution is 5.73. The second-order valence-electron chi connectivity index (χ2n) is 4.85. The van der Waals surface area contributed by atoms with E-state index >= 15 is 0 Å². The number of aldehydes is 1. The van der Waals surface area contributed by atoms with Crippen LogP contribution in [0.2, 0.25) is 0 Å². The number of hydrogen-bond donors (Lipinski definition) is 0. The molecule has 1 aromatic carbocycles. The van der Waals surface area contributed by atoms with Crippen molar-refractivity contribution in [3.8, 4) is 0 Å². The average molecular weight is 240 g/mol. The first-order chi connectivity index (χ1) is 8.78. The van der Waals surface area contributed by atoms with Crippen molar-refractivity contribution in [3.05, 3.63) is 58.9 Å². The number of rotatable bonds is 2. The van der Waals surface area contributed by atoms with Crippen molar-refractivity contribution in [2.24, 2.45) is 0 Å². The first-order valence-electron chi connectivity index (χ1n) is 6.17. The maximum Gasteiger partial charge on any atom is 0.166 e. The molecule has 0 unspecified atom stereocenters. The number of benzene rings is 1. The summed E-state index contributed by atoms with van der Waals surface area (Å²) in [6.07, 6.45) is 4.87. The third-order valence-electron chi connectivity index (χ3n) is 3.65. The summed E-state index contributed by atoms with van der Waals surface area (Å²) in [5.74, 6) is 0. The zero-order valence-electron chi connectivity index (χ0n) is 10.5. The minimum Gasteiger partial charge on any atom is -0.366 e. The van der Waals surface area contributed by atoms with E-state index in [1.54, 1.807) is 0 Å². The summed E-state index contributed by atoms with van der Waals surface area (Å²) < 4.78 is 0. The number of fused-ring (bicyclic) bond motifs is 1. The lowest BCUT2D eigenvalue weighted by atomic mass is 10.1. The summed E-state index contributed by atoms with van der Waals surface area (Å²) in [4.78, 5) is 15.2. The molecule has 3 rings (SSSR count). The third kappa shape index (κ3) is 1.82. The molecule has 0 aromatic heterocycles. The highest BCUT2D eigenvalue weighted by Gasteiger charge is 2.22. The van der Waals surface area contributed by atoms with Gasteiger partial charge in [0.1, 0.15) is 0 Å². The fraction of sp³-hybridized carbons (Fsp3) is 0.267. The molecule has 18 heavy (non-hydrogen) atoms. The van der Waals surface area contributed by atoms with E-state index in [1.165, 1.54) is 16.8 Å². The molecule has 0 aliphatic carbocycles. The van der Waals surface area contributed by atoms with Crippen LogP contribution in [0, 0.1) is 0 Å². The van der Waals surface area contributed by atoms with E-state index in [9.17, 15) is 4.79 Å². The summed E-state index contributed by atoms with van der Waals surface area (Å²) in [5.41, 5.74) is 4.84. The molecule has 0 saturated heterocycles. The summed E-state index contributed by atoms with van der Waals surface area (Å²) in [7, 11) is 1.95. The van der Waals surface area contributed by atoms with Gasteiger partial charge >= 0.3 is 0 Å². The molecular weight excluding hydrogens is 224 g/mol. The molecule has 2 heterocycles. The molecule has 0 amide bonds. The molecule has 0 N–H and O–H groups in total. The number of nitrogens with zero attached hydrogens (tertiary/aromatic N) is 2. The third-order valence-corrected chi connectivity index (χ3v) is 3.65. The fourth-order valence-corrected chi connectivity index (χ4v) is 2.57. The van der Waals surface area contributed by atoms with Gasteiger partial charge in [0.15, 0.2) is 6.29 Å². The Labute approximate surface area is 107 Å². The SMILES string of the molecule is CN1CC(N2Cc3ccccc3C2)=CC=C1C=O. The van der Waals surface area contributed by atoms with E-state index < -0.39 is 0 Å². The minimum absolute atomic E-state index is 0.746. The van der Waals surface area contributed by atoms with Crippen LogP contribution < -0.4 is 0 Å². The van der Waals surface area contributed by atoms with Gasteiger partial charge in [-0.05, 0) is 23.3 Å². The van der Waals surface area contributed by atoms with E-state index in [4.69, 9.17) is 0 Å². The molecule has 0 atom stereocenters. The van der Waals surface area contributed by atoms with Crippen LogP contribution >= 0.6 is 0 Å². The van der Waals surface area contributed by atoms with Gasteiger partial charge in [0.05, 0.1) is 12.2 Å². The van der Waals surface area contributed by atoms with E-state index in [1.807, 2.05) is 18.0 Å². The quantitative estimate of drug-likeness (QED) is 0.738. The largest absolute Gasteiger partial charge is 0.366 e. The molecule has 3 heteroatoms. The zero-order chi connectivity index (χ0) is 12.5. The molecule has 2 aliphatic rings. The molecule has 0 fully saturated rings. The van der Waals surface area contributed by atoms with Crippen LogP contribution in [0.3, 0.4) is 0 Å². The Morgan fingerprint density at radius 3 is 2.28 bits per heavy atom. The van der Waals surface area contributed by atoms with Crippen LogP contribution in [-0.2, 0) is 17.9 Å². The van der Waals surface area contributed by atoms with Crippen molar-refractivity contribution in [1.29, 1.82) is 0 Å². The predicted molar refractivity (Wildman–Crippen MR) is 70.5 cm³/mol. The molecule has 0 radical (unpaired) electrons. The van der Waals surface area contributed by atoms with Gasteiger partial charge in [-0.15, -0.1) is 0 Å². The van der Waals surface area contributed by atoms with Crippen LogP contribution in [0.5, 0.6) is 0 Å². The monoisotopic (exact) mass is 240 g/mol. The first kappa shape index (κ1) is 11.1. The Kier molecular flexibility index (Phi) is 2.67. The van der Waals surface area contributed by atoms with Crippen LogP contribution in [0.15, 0.2) is 47.8 Å². The number of hydrogen-bond acceptors (Lipinski definition) is 3. The second-order valence-corrected chi connectivity index (χ2v) is 4.85.